The average molecular weight is 264 g/mol. The van der Waals surface area contributed by atoms with Crippen molar-refractivity contribution in [1.82, 2.24) is 0 Å². The van der Waals surface area contributed by atoms with Gasteiger partial charge >= 0.3 is 5.97 Å². The Hall–Kier alpha value is -1.51. The lowest BCUT2D eigenvalue weighted by Crippen LogP contribution is -2.14. The Morgan fingerprint density at radius 3 is 2.26 bits per heavy atom. The van der Waals surface area contributed by atoms with Gasteiger partial charge in [-0.05, 0) is 54.9 Å². The van der Waals surface area contributed by atoms with Gasteiger partial charge in [-0.3, -0.25) is 4.79 Å². The molecule has 106 valence electrons. The summed E-state index contributed by atoms with van der Waals surface area (Å²) >= 11 is 0. The summed E-state index contributed by atoms with van der Waals surface area (Å²) in [5.41, 5.74) is 4.45. The van der Waals surface area contributed by atoms with Gasteiger partial charge in [0, 0.05) is 0 Å². The fourth-order valence-electron chi connectivity index (χ4n) is 2.68. The number of benzene rings is 1. The minimum absolute atomic E-state index is 0.0424. The van der Waals surface area contributed by atoms with E-state index in [4.69, 9.17) is 9.84 Å². The molecule has 1 unspecified atom stereocenters. The molecule has 1 atom stereocenters. The zero-order valence-electron chi connectivity index (χ0n) is 12.7. The third-order valence-electron chi connectivity index (χ3n) is 3.87. The molecule has 0 amide bonds. The Bertz CT molecular complexity index is 475. The molecule has 0 saturated carbocycles. The molecular weight excluding hydrogens is 240 g/mol. The van der Waals surface area contributed by atoms with Crippen LogP contribution < -0.4 is 4.74 Å². The smallest absolute Gasteiger partial charge is 0.303 e. The van der Waals surface area contributed by atoms with E-state index >= 15 is 0 Å². The second-order valence-electron chi connectivity index (χ2n) is 5.51. The molecule has 3 heteroatoms. The lowest BCUT2D eigenvalue weighted by molar-refractivity contribution is -0.137. The molecule has 0 saturated heterocycles. The molecule has 0 heterocycles. The summed E-state index contributed by atoms with van der Waals surface area (Å²) in [6, 6.07) is 2.08. The van der Waals surface area contributed by atoms with Crippen molar-refractivity contribution < 1.29 is 14.6 Å². The molecule has 0 radical (unpaired) electrons. The lowest BCUT2D eigenvalue weighted by atomic mass is 9.81. The van der Waals surface area contributed by atoms with Crippen LogP contribution in [0.3, 0.4) is 0 Å². The molecule has 1 aromatic rings. The number of carboxylic acids is 1. The van der Waals surface area contributed by atoms with Gasteiger partial charge in [-0.2, -0.15) is 0 Å². The number of hydrogen-bond acceptors (Lipinski definition) is 2. The summed E-state index contributed by atoms with van der Waals surface area (Å²) in [4.78, 5) is 11.1. The van der Waals surface area contributed by atoms with Crippen LogP contribution in [-0.4, -0.2) is 18.2 Å². The SMILES string of the molecule is COc1c(C)cc(C(CC(=O)O)C(C)C)c(C)c1C. The molecule has 1 aromatic carbocycles. The largest absolute Gasteiger partial charge is 0.496 e. The van der Waals surface area contributed by atoms with E-state index in [1.165, 1.54) is 0 Å². The number of methoxy groups -OCH3 is 1. The number of aliphatic carboxylic acids is 1. The molecule has 0 spiro atoms. The number of ether oxygens (including phenoxy) is 1. The monoisotopic (exact) mass is 264 g/mol. The molecule has 0 bridgehead atoms. The molecule has 19 heavy (non-hydrogen) atoms. The van der Waals surface area contributed by atoms with Crippen LogP contribution in [0.5, 0.6) is 5.75 Å². The number of rotatable bonds is 5. The van der Waals surface area contributed by atoms with Crippen molar-refractivity contribution in [3.8, 4) is 5.75 Å². The van der Waals surface area contributed by atoms with Crippen molar-refractivity contribution >= 4 is 5.97 Å². The second-order valence-corrected chi connectivity index (χ2v) is 5.51. The van der Waals surface area contributed by atoms with Crippen LogP contribution in [0, 0.1) is 26.7 Å². The van der Waals surface area contributed by atoms with Crippen molar-refractivity contribution in [2.45, 2.75) is 47.0 Å². The fourth-order valence-corrected chi connectivity index (χ4v) is 2.68. The summed E-state index contributed by atoms with van der Waals surface area (Å²) in [6.07, 6.45) is 0.170. The standard InChI is InChI=1S/C16H24O3/c1-9(2)13(8-15(17)18)14-7-10(3)16(19-6)12(5)11(14)4/h7,9,13H,8H2,1-6H3,(H,17,18). The van der Waals surface area contributed by atoms with Gasteiger partial charge in [0.2, 0.25) is 0 Å². The van der Waals surface area contributed by atoms with E-state index < -0.39 is 5.97 Å². The topological polar surface area (TPSA) is 46.5 Å². The lowest BCUT2D eigenvalue weighted by Gasteiger charge is -2.24. The van der Waals surface area contributed by atoms with Crippen LogP contribution in [-0.2, 0) is 4.79 Å². The zero-order chi connectivity index (χ0) is 14.7. The molecule has 1 rings (SSSR count). The van der Waals surface area contributed by atoms with Gasteiger partial charge in [-0.15, -0.1) is 0 Å². The zero-order valence-corrected chi connectivity index (χ0v) is 12.7. The van der Waals surface area contributed by atoms with E-state index in [9.17, 15) is 4.79 Å². The van der Waals surface area contributed by atoms with Gasteiger partial charge in [0.25, 0.3) is 0 Å². The van der Waals surface area contributed by atoms with Gasteiger partial charge in [0.1, 0.15) is 5.75 Å². The Kier molecular flexibility index (Phi) is 4.98. The number of hydrogen-bond donors (Lipinski definition) is 1. The van der Waals surface area contributed by atoms with E-state index in [0.717, 1.165) is 28.0 Å². The maximum absolute atomic E-state index is 11.1. The number of aryl methyl sites for hydroxylation is 1. The average Bonchev–Trinajstić information content (AvgIpc) is 2.31. The first kappa shape index (κ1) is 15.5. The number of carbonyl (C=O) groups is 1. The third-order valence-corrected chi connectivity index (χ3v) is 3.87. The first-order valence-electron chi connectivity index (χ1n) is 6.66. The Balaban J connectivity index is 3.36. The van der Waals surface area contributed by atoms with Gasteiger partial charge < -0.3 is 9.84 Å². The first-order valence-corrected chi connectivity index (χ1v) is 6.66. The molecular formula is C16H24O3. The van der Waals surface area contributed by atoms with Gasteiger partial charge in [0.15, 0.2) is 0 Å². The Labute approximate surface area is 115 Å². The summed E-state index contributed by atoms with van der Waals surface area (Å²) in [5, 5.41) is 9.10. The molecule has 0 aliphatic carbocycles. The van der Waals surface area contributed by atoms with E-state index in [1.54, 1.807) is 7.11 Å². The van der Waals surface area contributed by atoms with Crippen molar-refractivity contribution in [3.05, 3.63) is 28.3 Å². The maximum atomic E-state index is 11.1. The van der Waals surface area contributed by atoms with Crippen LogP contribution in [0.2, 0.25) is 0 Å². The van der Waals surface area contributed by atoms with E-state index in [-0.39, 0.29) is 12.3 Å². The molecule has 3 nitrogen and oxygen atoms in total. The molecule has 0 aliphatic rings. The van der Waals surface area contributed by atoms with E-state index in [0.29, 0.717) is 5.92 Å². The van der Waals surface area contributed by atoms with Crippen molar-refractivity contribution in [3.63, 3.8) is 0 Å². The molecule has 0 fully saturated rings. The van der Waals surface area contributed by atoms with Gasteiger partial charge in [0.05, 0.1) is 13.5 Å². The molecule has 0 aromatic heterocycles. The van der Waals surface area contributed by atoms with Crippen molar-refractivity contribution in [2.24, 2.45) is 5.92 Å². The third kappa shape index (κ3) is 3.28. The minimum atomic E-state index is -0.746. The predicted molar refractivity (Wildman–Crippen MR) is 77.0 cm³/mol. The first-order chi connectivity index (χ1) is 8.79. The Morgan fingerprint density at radius 1 is 1.26 bits per heavy atom. The summed E-state index contributed by atoms with van der Waals surface area (Å²) < 4.78 is 5.42. The van der Waals surface area contributed by atoms with Crippen LogP contribution >= 0.6 is 0 Å². The quantitative estimate of drug-likeness (QED) is 0.879. The predicted octanol–water partition coefficient (Wildman–Crippen LogP) is 3.83. The van der Waals surface area contributed by atoms with Crippen molar-refractivity contribution in [2.75, 3.05) is 7.11 Å². The minimum Gasteiger partial charge on any atom is -0.496 e. The number of carboxylic acid groups (broad SMARTS) is 1. The highest BCUT2D eigenvalue weighted by molar-refractivity contribution is 5.68. The van der Waals surface area contributed by atoms with E-state index in [1.807, 2.05) is 20.8 Å². The molecule has 1 N–H and O–H groups in total. The normalized spacial score (nSPS) is 12.6. The van der Waals surface area contributed by atoms with Crippen molar-refractivity contribution in [1.29, 1.82) is 0 Å². The van der Waals surface area contributed by atoms with Crippen LogP contribution in [0.25, 0.3) is 0 Å². The Morgan fingerprint density at radius 2 is 1.84 bits per heavy atom. The van der Waals surface area contributed by atoms with Gasteiger partial charge in [-0.25, -0.2) is 0 Å². The second kappa shape index (κ2) is 6.09. The highest BCUT2D eigenvalue weighted by Crippen LogP contribution is 2.36. The van der Waals surface area contributed by atoms with Crippen LogP contribution in [0.4, 0.5) is 0 Å². The van der Waals surface area contributed by atoms with Crippen LogP contribution in [0.15, 0.2) is 6.07 Å². The van der Waals surface area contributed by atoms with Gasteiger partial charge in [-0.1, -0.05) is 19.9 Å². The summed E-state index contributed by atoms with van der Waals surface area (Å²) in [5.74, 6) is 0.492. The fraction of sp³-hybridized carbons (Fsp3) is 0.562. The van der Waals surface area contributed by atoms with Crippen LogP contribution in [0.1, 0.15) is 48.4 Å². The maximum Gasteiger partial charge on any atom is 0.303 e. The highest BCUT2D eigenvalue weighted by atomic mass is 16.5. The molecule has 0 aliphatic heterocycles. The van der Waals surface area contributed by atoms with E-state index in [2.05, 4.69) is 19.9 Å². The summed E-state index contributed by atoms with van der Waals surface area (Å²) in [7, 11) is 1.67. The summed E-state index contributed by atoms with van der Waals surface area (Å²) in [6.45, 7) is 10.2. The highest BCUT2D eigenvalue weighted by Gasteiger charge is 2.23.